The SMILES string of the molecule is CCOc1nc(NC2CCCCC2)nc(N2C[C@@H]3C[C@H](C2)c2cccc(=O)n2C3)n1. The highest BCUT2D eigenvalue weighted by molar-refractivity contribution is 5.41. The van der Waals surface area contributed by atoms with Crippen molar-refractivity contribution in [1.29, 1.82) is 0 Å². The number of pyridine rings is 1. The molecule has 2 aliphatic heterocycles. The van der Waals surface area contributed by atoms with E-state index in [1.165, 1.54) is 19.3 Å². The highest BCUT2D eigenvalue weighted by Crippen LogP contribution is 2.36. The summed E-state index contributed by atoms with van der Waals surface area (Å²) in [5.41, 5.74) is 1.23. The number of piperidine rings is 1. The molecule has 2 fully saturated rings. The second-order valence-corrected chi connectivity index (χ2v) is 8.76. The Morgan fingerprint density at radius 2 is 1.97 bits per heavy atom. The van der Waals surface area contributed by atoms with E-state index in [9.17, 15) is 4.79 Å². The maximum absolute atomic E-state index is 12.3. The monoisotopic (exact) mass is 410 g/mol. The molecule has 0 spiro atoms. The first-order valence-corrected chi connectivity index (χ1v) is 11.3. The van der Waals surface area contributed by atoms with E-state index in [2.05, 4.69) is 26.3 Å². The Hall–Kier alpha value is -2.64. The number of rotatable bonds is 5. The summed E-state index contributed by atoms with van der Waals surface area (Å²) in [5.74, 6) is 2.02. The van der Waals surface area contributed by atoms with Gasteiger partial charge in [-0.25, -0.2) is 0 Å². The molecule has 2 atom stereocenters. The van der Waals surface area contributed by atoms with E-state index in [1.807, 2.05) is 17.6 Å². The summed E-state index contributed by atoms with van der Waals surface area (Å²) in [6.45, 7) is 4.87. The number of hydrogen-bond donors (Lipinski definition) is 1. The van der Waals surface area contributed by atoms with Crippen molar-refractivity contribution in [1.82, 2.24) is 19.5 Å². The molecular weight excluding hydrogens is 380 g/mol. The zero-order valence-corrected chi connectivity index (χ0v) is 17.6. The van der Waals surface area contributed by atoms with Gasteiger partial charge in [0.2, 0.25) is 11.9 Å². The average molecular weight is 411 g/mol. The van der Waals surface area contributed by atoms with Crippen LogP contribution in [0.25, 0.3) is 0 Å². The molecule has 3 aliphatic rings. The minimum atomic E-state index is 0.105. The van der Waals surface area contributed by atoms with Crippen molar-refractivity contribution in [2.24, 2.45) is 5.92 Å². The average Bonchev–Trinajstić information content (AvgIpc) is 2.75. The number of ether oxygens (including phenoxy) is 1. The van der Waals surface area contributed by atoms with Crippen LogP contribution in [0.2, 0.25) is 0 Å². The Morgan fingerprint density at radius 3 is 2.80 bits per heavy atom. The number of anilines is 2. The van der Waals surface area contributed by atoms with Gasteiger partial charge in [-0.15, -0.1) is 0 Å². The quantitative estimate of drug-likeness (QED) is 0.811. The Balaban J connectivity index is 1.41. The van der Waals surface area contributed by atoms with Crippen molar-refractivity contribution in [3.63, 3.8) is 0 Å². The van der Waals surface area contributed by atoms with Crippen molar-refractivity contribution in [2.45, 2.75) is 64.0 Å². The zero-order valence-electron chi connectivity index (χ0n) is 17.6. The first kappa shape index (κ1) is 19.3. The normalized spacial score (nSPS) is 23.7. The molecule has 2 aromatic rings. The van der Waals surface area contributed by atoms with E-state index in [1.54, 1.807) is 6.07 Å². The Morgan fingerprint density at radius 1 is 1.10 bits per heavy atom. The molecule has 160 valence electrons. The third kappa shape index (κ3) is 3.87. The van der Waals surface area contributed by atoms with E-state index in [0.717, 1.165) is 44.6 Å². The van der Waals surface area contributed by atoms with Crippen LogP contribution in [-0.4, -0.2) is 45.3 Å². The van der Waals surface area contributed by atoms with Gasteiger partial charge in [0.15, 0.2) is 0 Å². The summed E-state index contributed by atoms with van der Waals surface area (Å²) >= 11 is 0. The lowest BCUT2D eigenvalue weighted by atomic mass is 9.83. The minimum absolute atomic E-state index is 0.105. The topological polar surface area (TPSA) is 85.2 Å². The fourth-order valence-electron chi connectivity index (χ4n) is 5.23. The summed E-state index contributed by atoms with van der Waals surface area (Å²) in [6.07, 6.45) is 7.24. The second-order valence-electron chi connectivity index (χ2n) is 8.76. The molecule has 8 heteroatoms. The van der Waals surface area contributed by atoms with Gasteiger partial charge in [-0.2, -0.15) is 15.0 Å². The van der Waals surface area contributed by atoms with E-state index in [0.29, 0.717) is 42.4 Å². The molecule has 8 nitrogen and oxygen atoms in total. The van der Waals surface area contributed by atoms with E-state index < -0.39 is 0 Å². The molecule has 1 saturated heterocycles. The zero-order chi connectivity index (χ0) is 20.5. The van der Waals surface area contributed by atoms with Gasteiger partial charge in [0.05, 0.1) is 6.61 Å². The molecule has 1 N–H and O–H groups in total. The van der Waals surface area contributed by atoms with E-state index >= 15 is 0 Å². The summed E-state index contributed by atoms with van der Waals surface area (Å²) in [5, 5.41) is 3.52. The van der Waals surface area contributed by atoms with Crippen LogP contribution in [0, 0.1) is 5.92 Å². The van der Waals surface area contributed by atoms with Crippen LogP contribution in [0.1, 0.15) is 57.1 Å². The predicted octanol–water partition coefficient (Wildman–Crippen LogP) is 2.80. The molecule has 2 bridgehead atoms. The van der Waals surface area contributed by atoms with Crippen LogP contribution in [0.3, 0.4) is 0 Å². The maximum atomic E-state index is 12.3. The highest BCUT2D eigenvalue weighted by Gasteiger charge is 2.35. The van der Waals surface area contributed by atoms with Gasteiger partial charge in [-0.1, -0.05) is 25.3 Å². The molecule has 1 saturated carbocycles. The third-order valence-electron chi connectivity index (χ3n) is 6.58. The van der Waals surface area contributed by atoms with E-state index in [-0.39, 0.29) is 5.56 Å². The molecule has 5 rings (SSSR count). The summed E-state index contributed by atoms with van der Waals surface area (Å²) < 4.78 is 7.61. The second kappa shape index (κ2) is 8.24. The number of nitrogens with zero attached hydrogens (tertiary/aromatic N) is 5. The molecule has 0 aromatic carbocycles. The van der Waals surface area contributed by atoms with Crippen LogP contribution in [0.5, 0.6) is 6.01 Å². The number of hydrogen-bond acceptors (Lipinski definition) is 7. The first-order chi connectivity index (χ1) is 14.7. The van der Waals surface area contributed by atoms with Crippen molar-refractivity contribution < 1.29 is 4.74 Å². The molecule has 4 heterocycles. The lowest BCUT2D eigenvalue weighted by Gasteiger charge is -2.42. The summed E-state index contributed by atoms with van der Waals surface area (Å²) in [4.78, 5) is 28.4. The molecule has 0 radical (unpaired) electrons. The van der Waals surface area contributed by atoms with Gasteiger partial charge < -0.3 is 19.5 Å². The number of aromatic nitrogens is 4. The van der Waals surface area contributed by atoms with Gasteiger partial charge in [0.25, 0.3) is 5.56 Å². The predicted molar refractivity (Wildman–Crippen MR) is 115 cm³/mol. The van der Waals surface area contributed by atoms with Crippen molar-refractivity contribution in [3.05, 3.63) is 34.2 Å². The van der Waals surface area contributed by atoms with Crippen molar-refractivity contribution in [2.75, 3.05) is 29.9 Å². The Kier molecular flexibility index (Phi) is 5.31. The van der Waals surface area contributed by atoms with Gasteiger partial charge in [-0.3, -0.25) is 4.79 Å². The molecular formula is C22H30N6O2. The van der Waals surface area contributed by atoms with Crippen molar-refractivity contribution in [3.8, 4) is 6.01 Å². The molecule has 0 unspecified atom stereocenters. The largest absolute Gasteiger partial charge is 0.464 e. The van der Waals surface area contributed by atoms with Crippen LogP contribution < -0.4 is 20.5 Å². The van der Waals surface area contributed by atoms with Crippen LogP contribution in [0.15, 0.2) is 23.0 Å². The summed E-state index contributed by atoms with van der Waals surface area (Å²) in [6, 6.07) is 6.42. The standard InChI is InChI=1S/C22H30N6O2/c1-2-30-22-25-20(23-17-7-4-3-5-8-17)24-21(26-22)27-12-15-11-16(14-27)18-9-6-10-19(29)28(18)13-15/h6,9-10,15-17H,2-5,7-8,11-14H2,1H3,(H,23,24,25,26)/t15-,16+/m0/s1. The lowest BCUT2D eigenvalue weighted by molar-refractivity contribution is 0.277. The maximum Gasteiger partial charge on any atom is 0.323 e. The first-order valence-electron chi connectivity index (χ1n) is 11.3. The highest BCUT2D eigenvalue weighted by atomic mass is 16.5. The lowest BCUT2D eigenvalue weighted by Crippen LogP contribution is -2.47. The fourth-order valence-corrected chi connectivity index (χ4v) is 5.23. The number of fused-ring (bicyclic) bond motifs is 4. The van der Waals surface area contributed by atoms with Gasteiger partial charge >= 0.3 is 6.01 Å². The Bertz CT molecular complexity index is 955. The Labute approximate surface area is 176 Å². The summed E-state index contributed by atoms with van der Waals surface area (Å²) in [7, 11) is 0. The fraction of sp³-hybridized carbons (Fsp3) is 0.636. The van der Waals surface area contributed by atoms with Crippen LogP contribution in [0.4, 0.5) is 11.9 Å². The van der Waals surface area contributed by atoms with Gasteiger partial charge in [0.1, 0.15) is 0 Å². The molecule has 2 aromatic heterocycles. The smallest absolute Gasteiger partial charge is 0.323 e. The number of nitrogens with one attached hydrogen (secondary N) is 1. The van der Waals surface area contributed by atoms with Crippen LogP contribution in [-0.2, 0) is 6.54 Å². The molecule has 1 aliphatic carbocycles. The van der Waals surface area contributed by atoms with E-state index in [4.69, 9.17) is 9.72 Å². The van der Waals surface area contributed by atoms with Crippen molar-refractivity contribution >= 4 is 11.9 Å². The minimum Gasteiger partial charge on any atom is -0.464 e. The third-order valence-corrected chi connectivity index (χ3v) is 6.58. The van der Waals surface area contributed by atoms with Gasteiger partial charge in [-0.05, 0) is 38.2 Å². The van der Waals surface area contributed by atoms with Gasteiger partial charge in [0, 0.05) is 43.4 Å². The van der Waals surface area contributed by atoms with Crippen LogP contribution >= 0.6 is 0 Å². The molecule has 30 heavy (non-hydrogen) atoms. The molecule has 0 amide bonds.